The van der Waals surface area contributed by atoms with Gasteiger partial charge in [0.05, 0.1) is 0 Å². The largest absolute Gasteiger partial charge is 0.455 e. The van der Waals surface area contributed by atoms with Crippen molar-refractivity contribution in [3.8, 4) is 33.4 Å². The molecule has 0 bridgehead atoms. The van der Waals surface area contributed by atoms with E-state index in [9.17, 15) is 0 Å². The first-order valence-electron chi connectivity index (χ1n) is 18.7. The lowest BCUT2D eigenvalue weighted by Crippen LogP contribution is -2.10. The van der Waals surface area contributed by atoms with Crippen LogP contribution in [0.1, 0.15) is 0 Å². The van der Waals surface area contributed by atoms with Gasteiger partial charge >= 0.3 is 0 Å². The molecule has 0 aliphatic carbocycles. The molecule has 0 saturated carbocycles. The molecular formula is C52H33NOS. The van der Waals surface area contributed by atoms with Gasteiger partial charge in [0, 0.05) is 59.0 Å². The number of thiophene rings is 1. The highest BCUT2D eigenvalue weighted by molar-refractivity contribution is 7.26. The van der Waals surface area contributed by atoms with Crippen LogP contribution < -0.4 is 4.90 Å². The molecule has 2 heterocycles. The molecule has 9 aromatic carbocycles. The predicted molar refractivity (Wildman–Crippen MR) is 235 cm³/mol. The Balaban J connectivity index is 1.12. The summed E-state index contributed by atoms with van der Waals surface area (Å²) in [6, 6.07) is 72.1. The van der Waals surface area contributed by atoms with E-state index in [1.807, 2.05) is 11.3 Å². The van der Waals surface area contributed by atoms with Crippen LogP contribution in [0.25, 0.3) is 86.3 Å². The second kappa shape index (κ2) is 12.9. The molecule has 0 aliphatic heterocycles. The van der Waals surface area contributed by atoms with Gasteiger partial charge in [0.1, 0.15) is 11.2 Å². The molecular weight excluding hydrogens is 687 g/mol. The molecule has 55 heavy (non-hydrogen) atoms. The van der Waals surface area contributed by atoms with Crippen LogP contribution in [-0.2, 0) is 0 Å². The highest BCUT2D eigenvalue weighted by Crippen LogP contribution is 2.46. The molecule has 2 aromatic heterocycles. The minimum absolute atomic E-state index is 0.896. The monoisotopic (exact) mass is 719 g/mol. The van der Waals surface area contributed by atoms with E-state index < -0.39 is 0 Å². The third kappa shape index (κ3) is 5.32. The molecule has 0 spiro atoms. The number of furan rings is 1. The Morgan fingerprint density at radius 1 is 0.345 bits per heavy atom. The maximum absolute atomic E-state index is 6.87. The standard InChI is InChI=1S/C52H33NOS/c1-3-12-34(13-4-1)35-22-27-39(28-23-35)53(40-29-24-38(25-30-40)43-19-11-20-46-44-18-9-10-21-49(44)55-52(43)46)41-32-47(36-14-5-2-6-15-36)51-48(33-41)45-31-26-37-16-7-8-17-42(37)50(45)54-51/h1-33H. The van der Waals surface area contributed by atoms with Gasteiger partial charge in [0.15, 0.2) is 0 Å². The molecule has 258 valence electrons. The van der Waals surface area contributed by atoms with Crippen LogP contribution in [0, 0.1) is 0 Å². The summed E-state index contributed by atoms with van der Waals surface area (Å²) in [6.45, 7) is 0. The predicted octanol–water partition coefficient (Wildman–Crippen LogP) is 15.6. The number of hydrogen-bond acceptors (Lipinski definition) is 3. The Hall–Kier alpha value is -6.94. The number of hydrogen-bond donors (Lipinski definition) is 0. The Morgan fingerprint density at radius 3 is 1.71 bits per heavy atom. The first kappa shape index (κ1) is 31.6. The van der Waals surface area contributed by atoms with Gasteiger partial charge in [-0.25, -0.2) is 0 Å². The summed E-state index contributed by atoms with van der Waals surface area (Å²) in [5.74, 6) is 0. The molecule has 0 aliphatic rings. The minimum Gasteiger partial charge on any atom is -0.455 e. The first-order chi connectivity index (χ1) is 27.3. The van der Waals surface area contributed by atoms with Crippen molar-refractivity contribution in [3.05, 3.63) is 200 Å². The summed E-state index contributed by atoms with van der Waals surface area (Å²) < 4.78 is 9.50. The molecule has 3 heteroatoms. The number of rotatable bonds is 6. The van der Waals surface area contributed by atoms with E-state index in [2.05, 4.69) is 205 Å². The quantitative estimate of drug-likeness (QED) is 0.170. The average Bonchev–Trinajstić information content (AvgIpc) is 3.84. The van der Waals surface area contributed by atoms with Crippen molar-refractivity contribution in [2.45, 2.75) is 0 Å². The van der Waals surface area contributed by atoms with E-state index in [1.165, 1.54) is 47.8 Å². The number of fused-ring (bicyclic) bond motifs is 8. The number of nitrogens with zero attached hydrogens (tertiary/aromatic N) is 1. The fourth-order valence-electron chi connectivity index (χ4n) is 8.20. The van der Waals surface area contributed by atoms with Crippen LogP contribution in [0.2, 0.25) is 0 Å². The van der Waals surface area contributed by atoms with E-state index in [0.29, 0.717) is 0 Å². The molecule has 0 saturated heterocycles. The number of benzene rings is 9. The van der Waals surface area contributed by atoms with E-state index in [1.54, 1.807) is 0 Å². The van der Waals surface area contributed by atoms with Gasteiger partial charge in [-0.3, -0.25) is 0 Å². The lowest BCUT2D eigenvalue weighted by Gasteiger charge is -2.27. The summed E-state index contributed by atoms with van der Waals surface area (Å²) >= 11 is 1.87. The Kier molecular flexibility index (Phi) is 7.39. The summed E-state index contributed by atoms with van der Waals surface area (Å²) in [7, 11) is 0. The van der Waals surface area contributed by atoms with Crippen LogP contribution in [0.15, 0.2) is 205 Å². The average molecular weight is 720 g/mol. The van der Waals surface area contributed by atoms with Gasteiger partial charge in [-0.05, 0) is 81.7 Å². The Bertz CT molecular complexity index is 3180. The van der Waals surface area contributed by atoms with Crippen LogP contribution in [-0.4, -0.2) is 0 Å². The number of anilines is 3. The van der Waals surface area contributed by atoms with Crippen molar-refractivity contribution in [2.75, 3.05) is 4.90 Å². The first-order valence-corrected chi connectivity index (χ1v) is 19.5. The molecule has 0 amide bonds. The zero-order chi connectivity index (χ0) is 36.3. The van der Waals surface area contributed by atoms with Crippen molar-refractivity contribution in [2.24, 2.45) is 0 Å². The zero-order valence-electron chi connectivity index (χ0n) is 29.8. The van der Waals surface area contributed by atoms with Crippen LogP contribution >= 0.6 is 11.3 Å². The van der Waals surface area contributed by atoms with E-state index in [-0.39, 0.29) is 0 Å². The fourth-order valence-corrected chi connectivity index (χ4v) is 9.44. The van der Waals surface area contributed by atoms with Crippen LogP contribution in [0.5, 0.6) is 0 Å². The van der Waals surface area contributed by atoms with Crippen molar-refractivity contribution >= 4 is 81.3 Å². The van der Waals surface area contributed by atoms with E-state index in [4.69, 9.17) is 4.42 Å². The van der Waals surface area contributed by atoms with Gasteiger partial charge in [0.2, 0.25) is 0 Å². The van der Waals surface area contributed by atoms with E-state index >= 15 is 0 Å². The molecule has 0 atom stereocenters. The molecule has 2 nitrogen and oxygen atoms in total. The molecule has 0 radical (unpaired) electrons. The smallest absolute Gasteiger partial charge is 0.143 e. The Labute approximate surface area is 322 Å². The molecule has 11 aromatic rings. The highest BCUT2D eigenvalue weighted by atomic mass is 32.1. The van der Waals surface area contributed by atoms with Crippen molar-refractivity contribution in [1.29, 1.82) is 0 Å². The van der Waals surface area contributed by atoms with Crippen LogP contribution in [0.3, 0.4) is 0 Å². The highest BCUT2D eigenvalue weighted by Gasteiger charge is 2.21. The lowest BCUT2D eigenvalue weighted by atomic mass is 9.99. The molecule has 0 fully saturated rings. The van der Waals surface area contributed by atoms with Gasteiger partial charge < -0.3 is 9.32 Å². The summed E-state index contributed by atoms with van der Waals surface area (Å²) in [5, 5.41) is 7.12. The zero-order valence-corrected chi connectivity index (χ0v) is 30.6. The van der Waals surface area contributed by atoms with Gasteiger partial charge in [0.25, 0.3) is 0 Å². The normalized spacial score (nSPS) is 11.6. The maximum Gasteiger partial charge on any atom is 0.143 e. The minimum atomic E-state index is 0.896. The van der Waals surface area contributed by atoms with Crippen LogP contribution in [0.4, 0.5) is 17.1 Å². The van der Waals surface area contributed by atoms with Crippen molar-refractivity contribution < 1.29 is 4.42 Å². The molecule has 0 unspecified atom stereocenters. The third-order valence-electron chi connectivity index (χ3n) is 10.9. The second-order valence-electron chi connectivity index (χ2n) is 14.1. The van der Waals surface area contributed by atoms with Crippen molar-refractivity contribution in [1.82, 2.24) is 0 Å². The van der Waals surface area contributed by atoms with Gasteiger partial charge in [-0.2, -0.15) is 0 Å². The topological polar surface area (TPSA) is 16.4 Å². The fraction of sp³-hybridized carbons (Fsp3) is 0. The van der Waals surface area contributed by atoms with Crippen molar-refractivity contribution in [3.63, 3.8) is 0 Å². The Morgan fingerprint density at radius 2 is 0.945 bits per heavy atom. The third-order valence-corrected chi connectivity index (χ3v) is 12.1. The molecule has 11 rings (SSSR count). The van der Waals surface area contributed by atoms with E-state index in [0.717, 1.165) is 55.5 Å². The molecule has 0 N–H and O–H groups in total. The summed E-state index contributed by atoms with van der Waals surface area (Å²) in [4.78, 5) is 2.38. The summed E-state index contributed by atoms with van der Waals surface area (Å²) in [5.41, 5.74) is 12.1. The SMILES string of the molecule is c1ccc(-c2ccc(N(c3ccc(-c4cccc5c4sc4ccccc45)cc3)c3cc(-c4ccccc4)c4oc5c6ccccc6ccc5c4c3)cc2)cc1. The maximum atomic E-state index is 6.87. The van der Waals surface area contributed by atoms with Gasteiger partial charge in [-0.15, -0.1) is 11.3 Å². The second-order valence-corrected chi connectivity index (χ2v) is 15.1. The summed E-state index contributed by atoms with van der Waals surface area (Å²) in [6.07, 6.45) is 0. The lowest BCUT2D eigenvalue weighted by molar-refractivity contribution is 0.674. The van der Waals surface area contributed by atoms with Gasteiger partial charge in [-0.1, -0.05) is 152 Å².